The van der Waals surface area contributed by atoms with E-state index in [1.807, 2.05) is 0 Å². The molecule has 0 heterocycles. The van der Waals surface area contributed by atoms with Crippen LogP contribution in [-0.4, -0.2) is 30.2 Å². The summed E-state index contributed by atoms with van der Waals surface area (Å²) in [5, 5.41) is 6.17. The standard InChI is InChI=1S/C9H15BrN2O2/c10-4-3-8(13)11-5-6-12-9(14)7-1-2-7/h7H,1-6H2,(H,11,13)(H,12,14). The maximum Gasteiger partial charge on any atom is 0.223 e. The topological polar surface area (TPSA) is 58.2 Å². The third-order valence-corrected chi connectivity index (χ3v) is 2.41. The van der Waals surface area contributed by atoms with Gasteiger partial charge in [0.2, 0.25) is 11.8 Å². The number of carbonyl (C=O) groups excluding carboxylic acids is 2. The molecule has 1 rings (SSSR count). The Morgan fingerprint density at radius 1 is 1.21 bits per heavy atom. The molecule has 1 fully saturated rings. The van der Waals surface area contributed by atoms with Crippen molar-refractivity contribution in [1.29, 1.82) is 0 Å². The molecule has 1 aliphatic rings. The van der Waals surface area contributed by atoms with Crippen LogP contribution in [-0.2, 0) is 9.59 Å². The highest BCUT2D eigenvalue weighted by molar-refractivity contribution is 9.09. The molecule has 0 unspecified atom stereocenters. The quantitative estimate of drug-likeness (QED) is 0.539. The molecule has 14 heavy (non-hydrogen) atoms. The zero-order valence-electron chi connectivity index (χ0n) is 8.01. The molecule has 1 aliphatic carbocycles. The molecular formula is C9H15BrN2O2. The van der Waals surface area contributed by atoms with Crippen LogP contribution < -0.4 is 10.6 Å². The van der Waals surface area contributed by atoms with Crippen molar-refractivity contribution >= 4 is 27.7 Å². The lowest BCUT2D eigenvalue weighted by atomic mass is 10.4. The average Bonchev–Trinajstić information content (AvgIpc) is 2.95. The number of nitrogens with one attached hydrogen (secondary N) is 2. The van der Waals surface area contributed by atoms with Crippen LogP contribution in [0.2, 0.25) is 0 Å². The number of carbonyl (C=O) groups is 2. The highest BCUT2D eigenvalue weighted by atomic mass is 79.9. The fourth-order valence-corrected chi connectivity index (χ4v) is 1.41. The van der Waals surface area contributed by atoms with E-state index in [4.69, 9.17) is 0 Å². The zero-order valence-corrected chi connectivity index (χ0v) is 9.60. The minimum Gasteiger partial charge on any atom is -0.354 e. The second-order valence-corrected chi connectivity index (χ2v) is 4.15. The van der Waals surface area contributed by atoms with Crippen molar-refractivity contribution in [3.8, 4) is 0 Å². The third-order valence-electron chi connectivity index (χ3n) is 2.02. The van der Waals surface area contributed by atoms with Gasteiger partial charge in [-0.3, -0.25) is 9.59 Å². The summed E-state index contributed by atoms with van der Waals surface area (Å²) in [5.41, 5.74) is 0. The smallest absolute Gasteiger partial charge is 0.223 e. The monoisotopic (exact) mass is 262 g/mol. The van der Waals surface area contributed by atoms with Crippen LogP contribution in [0.1, 0.15) is 19.3 Å². The summed E-state index contributed by atoms with van der Waals surface area (Å²) < 4.78 is 0. The molecule has 0 aromatic rings. The molecule has 0 radical (unpaired) electrons. The van der Waals surface area contributed by atoms with E-state index in [9.17, 15) is 9.59 Å². The molecule has 4 nitrogen and oxygen atoms in total. The van der Waals surface area contributed by atoms with Crippen LogP contribution in [0.4, 0.5) is 0 Å². The number of hydrogen-bond acceptors (Lipinski definition) is 2. The molecule has 0 bridgehead atoms. The van der Waals surface area contributed by atoms with Gasteiger partial charge < -0.3 is 10.6 Å². The van der Waals surface area contributed by atoms with Gasteiger partial charge in [-0.25, -0.2) is 0 Å². The number of hydrogen-bond donors (Lipinski definition) is 2. The van der Waals surface area contributed by atoms with Crippen molar-refractivity contribution in [2.45, 2.75) is 19.3 Å². The molecule has 1 saturated carbocycles. The normalized spacial score (nSPS) is 14.9. The maximum absolute atomic E-state index is 11.1. The number of rotatable bonds is 6. The Bertz CT molecular complexity index is 217. The van der Waals surface area contributed by atoms with Gasteiger partial charge in [-0.2, -0.15) is 0 Å². The van der Waals surface area contributed by atoms with E-state index in [-0.39, 0.29) is 17.7 Å². The molecule has 0 saturated heterocycles. The Hall–Kier alpha value is -0.580. The first-order valence-electron chi connectivity index (χ1n) is 4.84. The lowest BCUT2D eigenvalue weighted by Crippen LogP contribution is -2.35. The van der Waals surface area contributed by atoms with Crippen LogP contribution in [0.3, 0.4) is 0 Å². The first-order valence-corrected chi connectivity index (χ1v) is 5.96. The van der Waals surface area contributed by atoms with Crippen LogP contribution in [0.5, 0.6) is 0 Å². The van der Waals surface area contributed by atoms with Crippen molar-refractivity contribution in [2.75, 3.05) is 18.4 Å². The van der Waals surface area contributed by atoms with E-state index < -0.39 is 0 Å². The Morgan fingerprint density at radius 3 is 2.43 bits per heavy atom. The van der Waals surface area contributed by atoms with E-state index in [1.54, 1.807) is 0 Å². The van der Waals surface area contributed by atoms with Crippen molar-refractivity contribution < 1.29 is 9.59 Å². The average molecular weight is 263 g/mol. The first-order chi connectivity index (χ1) is 6.74. The highest BCUT2D eigenvalue weighted by Crippen LogP contribution is 2.28. The first kappa shape index (κ1) is 11.5. The van der Waals surface area contributed by atoms with E-state index in [0.29, 0.717) is 24.8 Å². The minimum absolute atomic E-state index is 0.0162. The van der Waals surface area contributed by atoms with Gasteiger partial charge in [-0.05, 0) is 12.8 Å². The van der Waals surface area contributed by atoms with Gasteiger partial charge in [0, 0.05) is 30.8 Å². The van der Waals surface area contributed by atoms with Gasteiger partial charge in [-0.15, -0.1) is 0 Å². The Kier molecular flexibility index (Phi) is 4.93. The number of alkyl halides is 1. The van der Waals surface area contributed by atoms with Crippen LogP contribution in [0, 0.1) is 5.92 Å². The summed E-state index contributed by atoms with van der Waals surface area (Å²) in [6, 6.07) is 0. The van der Waals surface area contributed by atoms with Gasteiger partial charge in [0.1, 0.15) is 0 Å². The zero-order chi connectivity index (χ0) is 10.4. The largest absolute Gasteiger partial charge is 0.354 e. The maximum atomic E-state index is 11.1. The summed E-state index contributed by atoms with van der Waals surface area (Å²) in [6.45, 7) is 1.05. The Morgan fingerprint density at radius 2 is 1.86 bits per heavy atom. The van der Waals surface area contributed by atoms with Gasteiger partial charge in [0.25, 0.3) is 0 Å². The molecule has 0 spiro atoms. The van der Waals surface area contributed by atoms with Gasteiger partial charge in [0.05, 0.1) is 0 Å². The molecule has 2 amide bonds. The Balaban J connectivity index is 1.93. The van der Waals surface area contributed by atoms with Gasteiger partial charge >= 0.3 is 0 Å². The second kappa shape index (κ2) is 6.01. The summed E-state index contributed by atoms with van der Waals surface area (Å²) >= 11 is 3.18. The number of amides is 2. The summed E-state index contributed by atoms with van der Waals surface area (Å²) in [6.07, 6.45) is 2.51. The molecule has 0 aromatic heterocycles. The van der Waals surface area contributed by atoms with Gasteiger partial charge in [0.15, 0.2) is 0 Å². The van der Waals surface area contributed by atoms with Crippen LogP contribution >= 0.6 is 15.9 Å². The second-order valence-electron chi connectivity index (χ2n) is 3.35. The molecular weight excluding hydrogens is 248 g/mol. The molecule has 80 valence electrons. The SMILES string of the molecule is O=C(CCBr)NCCNC(=O)C1CC1. The van der Waals surface area contributed by atoms with Crippen molar-refractivity contribution in [3.05, 3.63) is 0 Å². The van der Waals surface area contributed by atoms with E-state index in [1.165, 1.54) is 0 Å². The summed E-state index contributed by atoms with van der Waals surface area (Å²) in [7, 11) is 0. The number of halogens is 1. The summed E-state index contributed by atoms with van der Waals surface area (Å²) in [4.78, 5) is 22.1. The fraction of sp³-hybridized carbons (Fsp3) is 0.778. The molecule has 2 N–H and O–H groups in total. The molecule has 0 atom stereocenters. The molecule has 5 heteroatoms. The Labute approximate surface area is 91.9 Å². The summed E-state index contributed by atoms with van der Waals surface area (Å²) in [5.74, 6) is 0.385. The predicted molar refractivity (Wildman–Crippen MR) is 57.2 cm³/mol. The van der Waals surface area contributed by atoms with Crippen molar-refractivity contribution in [1.82, 2.24) is 10.6 Å². The van der Waals surface area contributed by atoms with E-state index in [2.05, 4.69) is 26.6 Å². The minimum atomic E-state index is 0.0162. The lowest BCUT2D eigenvalue weighted by molar-refractivity contribution is -0.123. The molecule has 0 aromatic carbocycles. The van der Waals surface area contributed by atoms with E-state index in [0.717, 1.165) is 12.8 Å². The fourth-order valence-electron chi connectivity index (χ4n) is 1.05. The lowest BCUT2D eigenvalue weighted by Gasteiger charge is -2.05. The van der Waals surface area contributed by atoms with Crippen LogP contribution in [0.15, 0.2) is 0 Å². The predicted octanol–water partition coefficient (Wildman–Crippen LogP) is 0.414. The molecule has 0 aliphatic heterocycles. The van der Waals surface area contributed by atoms with Crippen LogP contribution in [0.25, 0.3) is 0 Å². The van der Waals surface area contributed by atoms with Gasteiger partial charge in [-0.1, -0.05) is 15.9 Å². The van der Waals surface area contributed by atoms with E-state index >= 15 is 0 Å². The van der Waals surface area contributed by atoms with Crippen molar-refractivity contribution in [2.24, 2.45) is 5.92 Å². The van der Waals surface area contributed by atoms with Crippen molar-refractivity contribution in [3.63, 3.8) is 0 Å². The third kappa shape index (κ3) is 4.60. The highest BCUT2D eigenvalue weighted by Gasteiger charge is 2.28.